The third-order valence-electron chi connectivity index (χ3n) is 4.50. The van der Waals surface area contributed by atoms with E-state index in [1.54, 1.807) is 16.4 Å². The lowest BCUT2D eigenvalue weighted by Crippen LogP contribution is -2.47. The molecule has 1 aliphatic rings. The Balaban J connectivity index is 2.30. The highest BCUT2D eigenvalue weighted by Gasteiger charge is 2.35. The number of hydrogen-bond donors (Lipinski definition) is 1. The van der Waals surface area contributed by atoms with Gasteiger partial charge in [0.1, 0.15) is 0 Å². The van der Waals surface area contributed by atoms with Crippen LogP contribution in [0.5, 0.6) is 0 Å². The van der Waals surface area contributed by atoms with E-state index >= 15 is 0 Å². The van der Waals surface area contributed by atoms with E-state index in [0.29, 0.717) is 4.90 Å². The van der Waals surface area contributed by atoms with Crippen LogP contribution in [0.4, 0.5) is 0 Å². The van der Waals surface area contributed by atoms with Gasteiger partial charge in [0.15, 0.2) is 0 Å². The lowest BCUT2D eigenvalue weighted by molar-refractivity contribution is 0.204. The number of benzene rings is 1. The van der Waals surface area contributed by atoms with Gasteiger partial charge in [0, 0.05) is 18.1 Å². The van der Waals surface area contributed by atoms with E-state index in [1.165, 1.54) is 0 Å². The standard InChI is InChI=1S/C16H26N2O2S/c1-12-6-5-7-13(2)18(12)21(19,20)16-10-8-15(9-11-16)14(3)17-4/h8-14,17H,5-7H2,1-4H3/t12-,13+,14?. The van der Waals surface area contributed by atoms with Gasteiger partial charge in [0.2, 0.25) is 10.0 Å². The predicted octanol–water partition coefficient (Wildman–Crippen LogP) is 2.92. The number of hydrogen-bond acceptors (Lipinski definition) is 3. The van der Waals surface area contributed by atoms with Gasteiger partial charge in [-0.3, -0.25) is 0 Å². The predicted molar refractivity (Wildman–Crippen MR) is 85.7 cm³/mol. The zero-order valence-corrected chi connectivity index (χ0v) is 14.2. The van der Waals surface area contributed by atoms with Crippen LogP contribution in [0.25, 0.3) is 0 Å². The monoisotopic (exact) mass is 310 g/mol. The number of sulfonamides is 1. The Hall–Kier alpha value is -0.910. The zero-order valence-electron chi connectivity index (χ0n) is 13.3. The molecule has 1 aromatic carbocycles. The highest BCUT2D eigenvalue weighted by molar-refractivity contribution is 7.89. The van der Waals surface area contributed by atoms with E-state index in [2.05, 4.69) is 12.2 Å². The molecule has 0 saturated carbocycles. The molecule has 0 spiro atoms. The van der Waals surface area contributed by atoms with Gasteiger partial charge < -0.3 is 5.32 Å². The van der Waals surface area contributed by atoms with Crippen LogP contribution in [0.15, 0.2) is 29.2 Å². The molecule has 0 radical (unpaired) electrons. The first-order valence-corrected chi connectivity index (χ1v) is 9.12. The molecule has 1 saturated heterocycles. The van der Waals surface area contributed by atoms with Crippen LogP contribution in [0, 0.1) is 0 Å². The van der Waals surface area contributed by atoms with Crippen molar-refractivity contribution in [3.05, 3.63) is 29.8 Å². The summed E-state index contributed by atoms with van der Waals surface area (Å²) in [6.45, 7) is 6.06. The maximum absolute atomic E-state index is 12.9. The van der Waals surface area contributed by atoms with E-state index in [1.807, 2.05) is 33.0 Å². The molecule has 1 aromatic rings. The molecule has 5 heteroatoms. The number of rotatable bonds is 4. The van der Waals surface area contributed by atoms with Crippen LogP contribution >= 0.6 is 0 Å². The smallest absolute Gasteiger partial charge is 0.243 e. The van der Waals surface area contributed by atoms with E-state index in [9.17, 15) is 8.42 Å². The Morgan fingerprint density at radius 1 is 1.14 bits per heavy atom. The van der Waals surface area contributed by atoms with Gasteiger partial charge in [-0.25, -0.2) is 8.42 Å². The van der Waals surface area contributed by atoms with Gasteiger partial charge in [0.25, 0.3) is 0 Å². The highest BCUT2D eigenvalue weighted by atomic mass is 32.2. The number of nitrogens with one attached hydrogen (secondary N) is 1. The molecule has 1 unspecified atom stereocenters. The molecule has 0 aliphatic carbocycles. The van der Waals surface area contributed by atoms with Crippen molar-refractivity contribution in [1.29, 1.82) is 0 Å². The fourth-order valence-corrected chi connectivity index (χ4v) is 4.97. The fourth-order valence-electron chi connectivity index (χ4n) is 3.09. The summed E-state index contributed by atoms with van der Waals surface area (Å²) in [5.41, 5.74) is 1.09. The average molecular weight is 310 g/mol. The second kappa shape index (κ2) is 6.46. The largest absolute Gasteiger partial charge is 0.313 e. The lowest BCUT2D eigenvalue weighted by Gasteiger charge is -2.37. The second-order valence-electron chi connectivity index (χ2n) is 6.04. The normalized spacial score (nSPS) is 25.7. The summed E-state index contributed by atoms with van der Waals surface area (Å²) in [4.78, 5) is 0.398. The molecule has 1 heterocycles. The summed E-state index contributed by atoms with van der Waals surface area (Å²) < 4.78 is 27.4. The van der Waals surface area contributed by atoms with E-state index in [4.69, 9.17) is 0 Å². The maximum atomic E-state index is 12.9. The lowest BCUT2D eigenvalue weighted by atomic mass is 10.0. The number of nitrogens with zero attached hydrogens (tertiary/aromatic N) is 1. The van der Waals surface area contributed by atoms with Crippen molar-refractivity contribution >= 4 is 10.0 Å². The van der Waals surface area contributed by atoms with Crippen molar-refractivity contribution in [1.82, 2.24) is 9.62 Å². The Morgan fingerprint density at radius 2 is 1.67 bits per heavy atom. The topological polar surface area (TPSA) is 49.4 Å². The molecule has 3 atom stereocenters. The van der Waals surface area contributed by atoms with Gasteiger partial charge in [-0.15, -0.1) is 0 Å². The first-order chi connectivity index (χ1) is 9.87. The number of piperidine rings is 1. The van der Waals surface area contributed by atoms with Crippen molar-refractivity contribution in [2.24, 2.45) is 0 Å². The SMILES string of the molecule is CNC(C)c1ccc(S(=O)(=O)N2[C@H](C)CCC[C@@H]2C)cc1. The molecular weight excluding hydrogens is 284 g/mol. The van der Waals surface area contributed by atoms with Crippen LogP contribution < -0.4 is 5.32 Å². The molecule has 1 fully saturated rings. The fraction of sp³-hybridized carbons (Fsp3) is 0.625. The molecule has 21 heavy (non-hydrogen) atoms. The van der Waals surface area contributed by atoms with Crippen molar-refractivity contribution in [3.8, 4) is 0 Å². The van der Waals surface area contributed by atoms with Crippen LogP contribution in [-0.2, 0) is 10.0 Å². The summed E-state index contributed by atoms with van der Waals surface area (Å²) in [6.07, 6.45) is 2.99. The summed E-state index contributed by atoms with van der Waals surface area (Å²) in [7, 11) is -1.50. The molecule has 4 nitrogen and oxygen atoms in total. The molecule has 1 N–H and O–H groups in total. The molecule has 0 bridgehead atoms. The molecular formula is C16H26N2O2S. The minimum atomic E-state index is -3.40. The third kappa shape index (κ3) is 3.30. The van der Waals surface area contributed by atoms with Gasteiger partial charge in [-0.05, 0) is 58.4 Å². The quantitative estimate of drug-likeness (QED) is 0.930. The molecule has 2 rings (SSSR count). The van der Waals surface area contributed by atoms with E-state index in [0.717, 1.165) is 24.8 Å². The molecule has 1 aliphatic heterocycles. The second-order valence-corrected chi connectivity index (χ2v) is 7.89. The van der Waals surface area contributed by atoms with Crippen molar-refractivity contribution in [2.45, 2.75) is 63.1 Å². The van der Waals surface area contributed by atoms with Gasteiger partial charge >= 0.3 is 0 Å². The molecule has 0 aromatic heterocycles. The Bertz CT molecular complexity index is 558. The minimum absolute atomic E-state index is 0.0784. The first kappa shape index (κ1) is 16.5. The third-order valence-corrected chi connectivity index (χ3v) is 6.64. The average Bonchev–Trinajstić information content (AvgIpc) is 2.46. The van der Waals surface area contributed by atoms with Crippen LogP contribution in [0.1, 0.15) is 51.6 Å². The van der Waals surface area contributed by atoms with Crippen LogP contribution in [0.2, 0.25) is 0 Å². The highest BCUT2D eigenvalue weighted by Crippen LogP contribution is 2.29. The van der Waals surface area contributed by atoms with Crippen LogP contribution in [0.3, 0.4) is 0 Å². The summed E-state index contributed by atoms with van der Waals surface area (Å²) in [5, 5.41) is 3.16. The first-order valence-electron chi connectivity index (χ1n) is 7.68. The maximum Gasteiger partial charge on any atom is 0.243 e. The van der Waals surface area contributed by atoms with Crippen molar-refractivity contribution < 1.29 is 8.42 Å². The Morgan fingerprint density at radius 3 is 2.14 bits per heavy atom. The Kier molecular flexibility index (Phi) is 5.07. The van der Waals surface area contributed by atoms with Gasteiger partial charge in [0.05, 0.1) is 4.90 Å². The van der Waals surface area contributed by atoms with E-state index < -0.39 is 10.0 Å². The zero-order chi connectivity index (χ0) is 15.6. The summed E-state index contributed by atoms with van der Waals surface area (Å²) >= 11 is 0. The Labute approximate surface area is 128 Å². The van der Waals surface area contributed by atoms with Gasteiger partial charge in [-0.2, -0.15) is 4.31 Å². The summed E-state index contributed by atoms with van der Waals surface area (Å²) in [6, 6.07) is 7.62. The van der Waals surface area contributed by atoms with Gasteiger partial charge in [-0.1, -0.05) is 18.6 Å². The minimum Gasteiger partial charge on any atom is -0.313 e. The molecule has 0 amide bonds. The van der Waals surface area contributed by atoms with Crippen molar-refractivity contribution in [3.63, 3.8) is 0 Å². The van der Waals surface area contributed by atoms with Crippen LogP contribution in [-0.4, -0.2) is 31.9 Å². The van der Waals surface area contributed by atoms with E-state index in [-0.39, 0.29) is 18.1 Å². The summed E-state index contributed by atoms with van der Waals surface area (Å²) in [5.74, 6) is 0. The van der Waals surface area contributed by atoms with Crippen molar-refractivity contribution in [2.75, 3.05) is 7.05 Å². The molecule has 118 valence electrons.